The van der Waals surface area contributed by atoms with Crippen molar-refractivity contribution in [1.29, 1.82) is 0 Å². The normalized spacial score (nSPS) is 10.5. The van der Waals surface area contributed by atoms with Crippen LogP contribution in [0.25, 0.3) is 10.9 Å². The average Bonchev–Trinajstić information content (AvgIpc) is 2.66. The van der Waals surface area contributed by atoms with E-state index in [0.29, 0.717) is 5.69 Å². The highest BCUT2D eigenvalue weighted by molar-refractivity contribution is 6.05. The van der Waals surface area contributed by atoms with Crippen molar-refractivity contribution >= 4 is 34.2 Å². The molecule has 3 rings (SSSR count). The van der Waals surface area contributed by atoms with Gasteiger partial charge in [0.05, 0.1) is 18.2 Å². The van der Waals surface area contributed by atoms with Crippen LogP contribution < -0.4 is 10.2 Å². The number of rotatable bonds is 4. The Morgan fingerprint density at radius 2 is 1.89 bits per heavy atom. The third kappa shape index (κ3) is 3.87. The van der Waals surface area contributed by atoms with Crippen LogP contribution in [0.4, 0.5) is 11.4 Å². The minimum Gasteiger partial charge on any atom is -0.465 e. The van der Waals surface area contributed by atoms with E-state index in [4.69, 9.17) is 0 Å². The van der Waals surface area contributed by atoms with E-state index in [9.17, 15) is 9.59 Å². The maximum atomic E-state index is 12.5. The fraction of sp³-hybridized carbons (Fsp3) is 0.200. The van der Waals surface area contributed by atoms with E-state index in [1.807, 2.05) is 44.1 Å². The standard InChI is InChI=1S/C20H20N4O3/c1-12-9-18(24(2)3)15-10-14(6-8-16(15)22-12)23-19(25)17-7-5-13(11-21-17)20(26)27-4/h5-11H,1-4H3,(H,23,25). The van der Waals surface area contributed by atoms with Gasteiger partial charge in [0.15, 0.2) is 0 Å². The van der Waals surface area contributed by atoms with E-state index in [1.165, 1.54) is 25.4 Å². The molecular weight excluding hydrogens is 344 g/mol. The molecule has 27 heavy (non-hydrogen) atoms. The molecule has 3 aromatic rings. The van der Waals surface area contributed by atoms with E-state index in [-0.39, 0.29) is 17.2 Å². The van der Waals surface area contributed by atoms with Gasteiger partial charge in [0.2, 0.25) is 0 Å². The third-order valence-electron chi connectivity index (χ3n) is 4.07. The molecular formula is C20H20N4O3. The summed E-state index contributed by atoms with van der Waals surface area (Å²) in [6.45, 7) is 1.95. The van der Waals surface area contributed by atoms with Gasteiger partial charge < -0.3 is 15.0 Å². The topological polar surface area (TPSA) is 84.4 Å². The number of ether oxygens (including phenoxy) is 1. The molecule has 138 valence electrons. The zero-order chi connectivity index (χ0) is 19.6. The van der Waals surface area contributed by atoms with Gasteiger partial charge in [-0.2, -0.15) is 0 Å². The van der Waals surface area contributed by atoms with Gasteiger partial charge in [0, 0.05) is 42.7 Å². The summed E-state index contributed by atoms with van der Waals surface area (Å²) in [5.41, 5.74) is 3.94. The van der Waals surface area contributed by atoms with Crippen LogP contribution in [0.2, 0.25) is 0 Å². The van der Waals surface area contributed by atoms with Crippen molar-refractivity contribution in [3.05, 3.63) is 59.5 Å². The summed E-state index contributed by atoms with van der Waals surface area (Å²) in [7, 11) is 5.22. The van der Waals surface area contributed by atoms with Crippen molar-refractivity contribution < 1.29 is 14.3 Å². The fourth-order valence-corrected chi connectivity index (χ4v) is 2.75. The number of esters is 1. The first-order chi connectivity index (χ1) is 12.9. The van der Waals surface area contributed by atoms with Crippen LogP contribution in [0.1, 0.15) is 26.5 Å². The Bertz CT molecular complexity index is 1010. The van der Waals surface area contributed by atoms with Crippen molar-refractivity contribution in [2.45, 2.75) is 6.92 Å². The number of nitrogens with zero attached hydrogens (tertiary/aromatic N) is 3. The molecule has 1 amide bonds. The number of hydrogen-bond acceptors (Lipinski definition) is 6. The van der Waals surface area contributed by atoms with Crippen molar-refractivity contribution in [2.75, 3.05) is 31.4 Å². The van der Waals surface area contributed by atoms with Gasteiger partial charge in [0.1, 0.15) is 5.69 Å². The summed E-state index contributed by atoms with van der Waals surface area (Å²) in [4.78, 5) is 34.5. The number of benzene rings is 1. The van der Waals surface area contributed by atoms with Crippen LogP contribution in [0, 0.1) is 6.92 Å². The Kier molecular flexibility index (Phi) is 5.03. The quantitative estimate of drug-likeness (QED) is 0.716. The summed E-state index contributed by atoms with van der Waals surface area (Å²) < 4.78 is 4.62. The molecule has 2 heterocycles. The monoisotopic (exact) mass is 364 g/mol. The van der Waals surface area contributed by atoms with Crippen LogP contribution in [-0.4, -0.2) is 43.0 Å². The zero-order valence-corrected chi connectivity index (χ0v) is 15.6. The smallest absolute Gasteiger partial charge is 0.339 e. The molecule has 0 aliphatic carbocycles. The van der Waals surface area contributed by atoms with Crippen molar-refractivity contribution in [3.63, 3.8) is 0 Å². The Balaban J connectivity index is 1.87. The number of fused-ring (bicyclic) bond motifs is 1. The number of anilines is 2. The molecule has 0 saturated heterocycles. The second-order valence-corrected chi connectivity index (χ2v) is 6.29. The Morgan fingerprint density at radius 3 is 2.52 bits per heavy atom. The minimum atomic E-state index is -0.497. The lowest BCUT2D eigenvalue weighted by Gasteiger charge is -2.17. The predicted molar refractivity (Wildman–Crippen MR) is 104 cm³/mol. The lowest BCUT2D eigenvalue weighted by Crippen LogP contribution is -2.14. The number of pyridine rings is 2. The molecule has 0 bridgehead atoms. The summed E-state index contributed by atoms with van der Waals surface area (Å²) in [6.07, 6.45) is 1.32. The molecule has 0 atom stereocenters. The number of hydrogen-bond donors (Lipinski definition) is 1. The van der Waals surface area contributed by atoms with Gasteiger partial charge in [0.25, 0.3) is 5.91 Å². The van der Waals surface area contributed by atoms with Crippen molar-refractivity contribution in [1.82, 2.24) is 9.97 Å². The summed E-state index contributed by atoms with van der Waals surface area (Å²) in [5, 5.41) is 3.77. The molecule has 0 unspecified atom stereocenters. The van der Waals surface area contributed by atoms with Gasteiger partial charge in [-0.25, -0.2) is 4.79 Å². The first-order valence-corrected chi connectivity index (χ1v) is 8.33. The third-order valence-corrected chi connectivity index (χ3v) is 4.07. The molecule has 0 aliphatic heterocycles. The molecule has 0 radical (unpaired) electrons. The molecule has 1 aromatic carbocycles. The lowest BCUT2D eigenvalue weighted by atomic mass is 10.1. The molecule has 7 heteroatoms. The maximum Gasteiger partial charge on any atom is 0.339 e. The zero-order valence-electron chi connectivity index (χ0n) is 15.6. The largest absolute Gasteiger partial charge is 0.465 e. The highest BCUT2D eigenvalue weighted by Crippen LogP contribution is 2.28. The van der Waals surface area contributed by atoms with Crippen LogP contribution in [0.3, 0.4) is 0 Å². The molecule has 7 nitrogen and oxygen atoms in total. The number of aryl methyl sites for hydroxylation is 1. The molecule has 0 saturated carbocycles. The van der Waals surface area contributed by atoms with E-state index < -0.39 is 5.97 Å². The molecule has 1 N–H and O–H groups in total. The summed E-state index contributed by atoms with van der Waals surface area (Å²) in [5.74, 6) is -0.861. The van der Waals surface area contributed by atoms with Crippen molar-refractivity contribution in [2.24, 2.45) is 0 Å². The van der Waals surface area contributed by atoms with Gasteiger partial charge in [-0.1, -0.05) is 0 Å². The molecule has 2 aromatic heterocycles. The van der Waals surface area contributed by atoms with Crippen LogP contribution >= 0.6 is 0 Å². The summed E-state index contributed by atoms with van der Waals surface area (Å²) >= 11 is 0. The van der Waals surface area contributed by atoms with E-state index in [2.05, 4.69) is 20.0 Å². The highest BCUT2D eigenvalue weighted by Gasteiger charge is 2.12. The first-order valence-electron chi connectivity index (χ1n) is 8.33. The first kappa shape index (κ1) is 18.3. The molecule has 0 aliphatic rings. The van der Waals surface area contributed by atoms with Gasteiger partial charge in [-0.3, -0.25) is 14.8 Å². The number of amides is 1. The van der Waals surface area contributed by atoms with Gasteiger partial charge in [-0.15, -0.1) is 0 Å². The minimum absolute atomic E-state index is 0.206. The van der Waals surface area contributed by atoms with E-state index >= 15 is 0 Å². The molecule has 0 fully saturated rings. The van der Waals surface area contributed by atoms with Crippen molar-refractivity contribution in [3.8, 4) is 0 Å². The molecule has 0 spiro atoms. The number of carbonyl (C=O) groups excluding carboxylic acids is 2. The SMILES string of the molecule is COC(=O)c1ccc(C(=O)Nc2ccc3nc(C)cc(N(C)C)c3c2)nc1. The number of nitrogens with one attached hydrogen (secondary N) is 1. The van der Waals surface area contributed by atoms with Crippen LogP contribution in [0.5, 0.6) is 0 Å². The Morgan fingerprint density at radius 1 is 1.11 bits per heavy atom. The van der Waals surface area contributed by atoms with Gasteiger partial charge >= 0.3 is 5.97 Å². The maximum absolute atomic E-state index is 12.5. The average molecular weight is 364 g/mol. The second kappa shape index (κ2) is 7.41. The van der Waals surface area contributed by atoms with Crippen LogP contribution in [0.15, 0.2) is 42.6 Å². The number of aromatic nitrogens is 2. The number of methoxy groups -OCH3 is 1. The predicted octanol–water partition coefficient (Wildman–Crippen LogP) is 3.04. The number of carbonyl (C=O) groups is 2. The lowest BCUT2D eigenvalue weighted by molar-refractivity contribution is 0.0600. The second-order valence-electron chi connectivity index (χ2n) is 6.29. The van der Waals surface area contributed by atoms with Gasteiger partial charge in [-0.05, 0) is 43.3 Å². The van der Waals surface area contributed by atoms with Crippen LogP contribution in [-0.2, 0) is 4.74 Å². The fourth-order valence-electron chi connectivity index (χ4n) is 2.75. The Hall–Kier alpha value is -3.48. The highest BCUT2D eigenvalue weighted by atomic mass is 16.5. The Labute approximate surface area is 157 Å². The summed E-state index contributed by atoms with van der Waals surface area (Å²) in [6, 6.07) is 10.6. The van der Waals surface area contributed by atoms with E-state index in [0.717, 1.165) is 22.3 Å². The van der Waals surface area contributed by atoms with E-state index in [1.54, 1.807) is 6.07 Å².